The molecule has 1 aliphatic heterocycles. The molecule has 36 heavy (non-hydrogen) atoms. The van der Waals surface area contributed by atoms with Crippen molar-refractivity contribution in [3.05, 3.63) is 53.4 Å². The van der Waals surface area contributed by atoms with E-state index >= 15 is 4.39 Å². The topological polar surface area (TPSA) is 85.9 Å². The van der Waals surface area contributed by atoms with E-state index in [2.05, 4.69) is 32.5 Å². The molecule has 4 rings (SSSR count). The second kappa shape index (κ2) is 11.3. The molecule has 0 radical (unpaired) electrons. The number of aromatic nitrogens is 2. The minimum absolute atomic E-state index is 0.205. The summed E-state index contributed by atoms with van der Waals surface area (Å²) in [4.78, 5) is 12.9. The van der Waals surface area contributed by atoms with E-state index in [1.807, 2.05) is 29.2 Å². The number of hydrogen-bond donors (Lipinski definition) is 2. The third-order valence-electron chi connectivity index (χ3n) is 5.99. The van der Waals surface area contributed by atoms with E-state index < -0.39 is 11.0 Å². The number of ether oxygens (including phenoxy) is 1. The lowest BCUT2D eigenvalue weighted by atomic mass is 10.2. The van der Waals surface area contributed by atoms with E-state index in [9.17, 15) is 4.21 Å². The summed E-state index contributed by atoms with van der Waals surface area (Å²) in [6, 6.07) is 10.5. The molecule has 0 spiro atoms. The molecule has 2 N–H and O–H groups in total. The first-order valence-corrected chi connectivity index (χ1v) is 13.2. The Balaban J connectivity index is 1.59. The maximum atomic E-state index is 15.1. The molecule has 12 heteroatoms. The molecule has 2 aromatic carbocycles. The number of likely N-dealkylation sites (N-methyl/N-ethyl adjacent to an activating group) is 1. The molecule has 1 saturated heterocycles. The van der Waals surface area contributed by atoms with Gasteiger partial charge in [0.2, 0.25) is 5.95 Å². The summed E-state index contributed by atoms with van der Waals surface area (Å²) in [5.41, 5.74) is 2.27. The van der Waals surface area contributed by atoms with E-state index in [0.29, 0.717) is 39.3 Å². The third kappa shape index (κ3) is 5.80. The zero-order valence-electron chi connectivity index (χ0n) is 20.6. The summed E-state index contributed by atoms with van der Waals surface area (Å²) < 4.78 is 34.3. The Bertz CT molecular complexity index is 1260. The van der Waals surface area contributed by atoms with Gasteiger partial charge in [-0.15, -0.1) is 0 Å². The number of hydrogen-bond acceptors (Lipinski definition) is 8. The molecule has 9 nitrogen and oxygen atoms in total. The molecule has 0 aliphatic carbocycles. The SMILES string of the molecule is COc1cc(N2CCN(C)CC2)c(F)cc1Nc1ncc(Cl)c(Nc2ccccc2N(C)S(C)=O)n1. The van der Waals surface area contributed by atoms with Gasteiger partial charge in [0, 0.05) is 51.6 Å². The Hall–Kier alpha value is -3.15. The second-order valence-electron chi connectivity index (χ2n) is 8.37. The number of rotatable bonds is 8. The van der Waals surface area contributed by atoms with Crippen LogP contribution in [-0.2, 0) is 11.0 Å². The lowest BCUT2D eigenvalue weighted by molar-refractivity contribution is 0.311. The lowest BCUT2D eigenvalue weighted by Crippen LogP contribution is -2.44. The Morgan fingerprint density at radius 2 is 1.86 bits per heavy atom. The summed E-state index contributed by atoms with van der Waals surface area (Å²) in [7, 11) is 4.10. The van der Waals surface area contributed by atoms with Crippen LogP contribution in [0, 0.1) is 5.82 Å². The van der Waals surface area contributed by atoms with Gasteiger partial charge in [0.05, 0.1) is 36.1 Å². The van der Waals surface area contributed by atoms with Crippen LogP contribution in [0.3, 0.4) is 0 Å². The molecule has 192 valence electrons. The smallest absolute Gasteiger partial charge is 0.229 e. The zero-order valence-corrected chi connectivity index (χ0v) is 22.2. The van der Waals surface area contributed by atoms with Crippen LogP contribution in [0.5, 0.6) is 5.75 Å². The number of piperazine rings is 1. The highest BCUT2D eigenvalue weighted by molar-refractivity contribution is 7.85. The zero-order chi connectivity index (χ0) is 25.8. The van der Waals surface area contributed by atoms with Gasteiger partial charge >= 0.3 is 0 Å². The summed E-state index contributed by atoms with van der Waals surface area (Å²) in [5.74, 6) is 0.651. The van der Waals surface area contributed by atoms with E-state index in [1.165, 1.54) is 19.4 Å². The maximum Gasteiger partial charge on any atom is 0.229 e. The van der Waals surface area contributed by atoms with E-state index in [1.54, 1.807) is 23.7 Å². The van der Waals surface area contributed by atoms with Gasteiger partial charge in [-0.2, -0.15) is 4.98 Å². The van der Waals surface area contributed by atoms with E-state index in [-0.39, 0.29) is 11.8 Å². The lowest BCUT2D eigenvalue weighted by Gasteiger charge is -2.34. The van der Waals surface area contributed by atoms with Gasteiger partial charge in [0.1, 0.15) is 27.6 Å². The second-order valence-corrected chi connectivity index (χ2v) is 10.2. The first kappa shape index (κ1) is 25.9. The molecule has 3 aromatic rings. The number of nitrogens with one attached hydrogen (secondary N) is 2. The third-order valence-corrected chi connectivity index (χ3v) is 7.23. The van der Waals surface area contributed by atoms with Crippen LogP contribution in [0.15, 0.2) is 42.6 Å². The van der Waals surface area contributed by atoms with Crippen LogP contribution in [0.25, 0.3) is 0 Å². The number of benzene rings is 2. The van der Waals surface area contributed by atoms with Gasteiger partial charge in [-0.25, -0.2) is 13.6 Å². The van der Waals surface area contributed by atoms with Crippen molar-refractivity contribution in [1.82, 2.24) is 14.9 Å². The van der Waals surface area contributed by atoms with Crippen molar-refractivity contribution < 1.29 is 13.3 Å². The van der Waals surface area contributed by atoms with Crippen LogP contribution in [0.2, 0.25) is 5.02 Å². The van der Waals surface area contributed by atoms with E-state index in [0.717, 1.165) is 26.2 Å². The largest absolute Gasteiger partial charge is 0.494 e. The summed E-state index contributed by atoms with van der Waals surface area (Å²) in [5, 5.41) is 6.51. The van der Waals surface area contributed by atoms with Crippen molar-refractivity contribution in [2.45, 2.75) is 0 Å². The number of anilines is 6. The quantitative estimate of drug-likeness (QED) is 0.444. The molecule has 1 aliphatic rings. The molecule has 0 saturated carbocycles. The molecule has 2 heterocycles. The molecule has 1 fully saturated rings. The first-order chi connectivity index (χ1) is 17.3. The fourth-order valence-electron chi connectivity index (χ4n) is 3.85. The molecule has 0 bridgehead atoms. The number of methoxy groups -OCH3 is 1. The predicted molar refractivity (Wildman–Crippen MR) is 145 cm³/mol. The minimum atomic E-state index is -1.22. The fourth-order valence-corrected chi connectivity index (χ4v) is 4.43. The molecular formula is C24H29ClFN7O2S. The van der Waals surface area contributed by atoms with Gasteiger partial charge in [-0.3, -0.25) is 4.31 Å². The molecular weight excluding hydrogens is 505 g/mol. The van der Waals surface area contributed by atoms with Crippen molar-refractivity contribution in [2.75, 3.05) is 73.5 Å². The summed E-state index contributed by atoms with van der Waals surface area (Å²) in [6.07, 6.45) is 3.04. The Labute approximate surface area is 217 Å². The predicted octanol–water partition coefficient (Wildman–Crippen LogP) is 4.25. The van der Waals surface area contributed by atoms with Gasteiger partial charge in [0.25, 0.3) is 0 Å². The van der Waals surface area contributed by atoms with E-state index in [4.69, 9.17) is 16.3 Å². The van der Waals surface area contributed by atoms with Gasteiger partial charge in [0.15, 0.2) is 5.82 Å². The van der Waals surface area contributed by atoms with Crippen LogP contribution < -0.4 is 24.6 Å². The summed E-state index contributed by atoms with van der Waals surface area (Å²) in [6.45, 7) is 3.20. The van der Waals surface area contributed by atoms with Gasteiger partial charge < -0.3 is 25.2 Å². The van der Waals surface area contributed by atoms with Crippen molar-refractivity contribution >= 4 is 57.1 Å². The van der Waals surface area contributed by atoms with Crippen LogP contribution in [0.1, 0.15) is 0 Å². The summed E-state index contributed by atoms with van der Waals surface area (Å²) >= 11 is 6.36. The van der Waals surface area contributed by atoms with Crippen molar-refractivity contribution in [3.8, 4) is 5.75 Å². The Morgan fingerprint density at radius 1 is 1.14 bits per heavy atom. The molecule has 1 aromatic heterocycles. The normalized spacial score (nSPS) is 14.9. The fraction of sp³-hybridized carbons (Fsp3) is 0.333. The van der Waals surface area contributed by atoms with Crippen LogP contribution in [-0.4, -0.2) is 72.7 Å². The highest BCUT2D eigenvalue weighted by Crippen LogP contribution is 2.36. The number of halogens is 2. The highest BCUT2D eigenvalue weighted by Gasteiger charge is 2.21. The van der Waals surface area contributed by atoms with Gasteiger partial charge in [-0.05, 0) is 19.2 Å². The van der Waals surface area contributed by atoms with Crippen molar-refractivity contribution in [1.29, 1.82) is 0 Å². The monoisotopic (exact) mass is 533 g/mol. The molecule has 1 unspecified atom stereocenters. The first-order valence-electron chi connectivity index (χ1n) is 11.3. The standard InChI is InChI=1S/C24H29ClFN7O2S/c1-31-9-11-33(12-10-31)21-14-22(35-3)19(13-17(21)26)29-24-27-15-16(25)23(30-24)28-18-7-5-6-8-20(18)32(2)36(4)34/h5-8,13-15H,9-12H2,1-4H3,(H2,27,28,29,30). The molecule has 1 atom stereocenters. The van der Waals surface area contributed by atoms with Crippen molar-refractivity contribution in [3.63, 3.8) is 0 Å². The average Bonchev–Trinajstić information content (AvgIpc) is 2.87. The van der Waals surface area contributed by atoms with Crippen LogP contribution in [0.4, 0.5) is 38.9 Å². The Kier molecular flexibility index (Phi) is 8.12. The minimum Gasteiger partial charge on any atom is -0.494 e. The van der Waals surface area contributed by atoms with Crippen molar-refractivity contribution in [2.24, 2.45) is 0 Å². The number of nitrogens with zero attached hydrogens (tertiary/aromatic N) is 5. The van der Waals surface area contributed by atoms with Gasteiger partial charge in [-0.1, -0.05) is 23.7 Å². The average molecular weight is 534 g/mol. The molecule has 0 amide bonds. The Morgan fingerprint density at radius 3 is 2.56 bits per heavy atom. The number of para-hydroxylation sites is 2. The van der Waals surface area contributed by atoms with Crippen LogP contribution >= 0.6 is 11.6 Å². The highest BCUT2D eigenvalue weighted by atomic mass is 35.5. The maximum absolute atomic E-state index is 15.1.